The van der Waals surface area contributed by atoms with Crippen LogP contribution >= 0.6 is 15.6 Å². The van der Waals surface area contributed by atoms with Gasteiger partial charge in [0, 0.05) is 25.7 Å². The van der Waals surface area contributed by atoms with Crippen molar-refractivity contribution < 1.29 is 80.2 Å². The first-order valence-corrected chi connectivity index (χ1v) is 40.5. The first kappa shape index (κ1) is 89.1. The summed E-state index contributed by atoms with van der Waals surface area (Å²) in [6, 6.07) is 0. The average Bonchev–Trinajstić information content (AvgIpc) is 3.49. The standard InChI is InChI=1S/C72H140O17P2/c1-7-9-11-13-14-15-16-17-18-21-28-33-38-44-50-56-71(76)88-67(60-82-69(74)54-48-40-12-10-8-2)62-86-90(78,79)84-58-66(73)59-85-91(80,81)87-63-68(61-83-70(75)55-49-43-37-32-27-24-23-26-31-36-42-47-53-65(5)6)89-72(77)57-51-45-39-34-29-22-19-20-25-30-35-41-46-52-64(3)4/h64-68,73H,7-63H2,1-6H3,(H,78,79)(H,80,81)/t66-,67+,68+/m0/s1. The van der Waals surface area contributed by atoms with Crippen LogP contribution in [0.25, 0.3) is 0 Å². The van der Waals surface area contributed by atoms with Gasteiger partial charge in [-0.2, -0.15) is 0 Å². The van der Waals surface area contributed by atoms with Crippen LogP contribution in [0.5, 0.6) is 0 Å². The molecule has 0 radical (unpaired) electrons. The summed E-state index contributed by atoms with van der Waals surface area (Å²) in [6.45, 7) is 9.51. The number of unbranched alkanes of at least 4 members (excludes halogenated alkanes) is 41. The molecular formula is C72H140O17P2. The van der Waals surface area contributed by atoms with Crippen LogP contribution in [0.3, 0.4) is 0 Å². The molecule has 5 atom stereocenters. The molecule has 0 spiro atoms. The van der Waals surface area contributed by atoms with E-state index in [1.54, 1.807) is 0 Å². The molecule has 0 saturated heterocycles. The molecule has 17 nitrogen and oxygen atoms in total. The highest BCUT2D eigenvalue weighted by molar-refractivity contribution is 7.47. The van der Waals surface area contributed by atoms with Gasteiger partial charge in [-0.1, -0.05) is 318 Å². The summed E-state index contributed by atoms with van der Waals surface area (Å²) >= 11 is 0. The van der Waals surface area contributed by atoms with E-state index in [9.17, 15) is 43.2 Å². The van der Waals surface area contributed by atoms with Gasteiger partial charge in [0.15, 0.2) is 12.2 Å². The molecule has 2 unspecified atom stereocenters. The first-order chi connectivity index (χ1) is 43.9. The number of aliphatic hydroxyl groups is 1. The van der Waals surface area contributed by atoms with Gasteiger partial charge in [0.05, 0.1) is 26.4 Å². The largest absolute Gasteiger partial charge is 0.472 e. The Morgan fingerprint density at radius 2 is 0.505 bits per heavy atom. The zero-order chi connectivity index (χ0) is 67.2. The third kappa shape index (κ3) is 66.5. The number of hydrogen-bond donors (Lipinski definition) is 3. The van der Waals surface area contributed by atoms with Gasteiger partial charge >= 0.3 is 39.5 Å². The van der Waals surface area contributed by atoms with Gasteiger partial charge < -0.3 is 33.8 Å². The van der Waals surface area contributed by atoms with Gasteiger partial charge in [0.1, 0.15) is 19.3 Å². The van der Waals surface area contributed by atoms with Crippen LogP contribution in [0.4, 0.5) is 0 Å². The maximum atomic E-state index is 13.0. The number of rotatable bonds is 71. The third-order valence-corrected chi connectivity index (χ3v) is 18.6. The molecule has 91 heavy (non-hydrogen) atoms. The van der Waals surface area contributed by atoms with Gasteiger partial charge in [-0.05, 0) is 37.5 Å². The summed E-state index contributed by atoms with van der Waals surface area (Å²) < 4.78 is 68.2. The molecule has 19 heteroatoms. The van der Waals surface area contributed by atoms with Crippen LogP contribution in [0.15, 0.2) is 0 Å². The summed E-state index contributed by atoms with van der Waals surface area (Å²) in [4.78, 5) is 72.4. The average molecular weight is 1340 g/mol. The van der Waals surface area contributed by atoms with E-state index in [-0.39, 0.29) is 25.7 Å². The lowest BCUT2D eigenvalue weighted by Gasteiger charge is -2.21. The van der Waals surface area contributed by atoms with Crippen molar-refractivity contribution in [1.29, 1.82) is 0 Å². The minimum absolute atomic E-state index is 0.107. The summed E-state index contributed by atoms with van der Waals surface area (Å²) in [5.74, 6) is -0.562. The maximum Gasteiger partial charge on any atom is 0.472 e. The summed E-state index contributed by atoms with van der Waals surface area (Å²) in [7, 11) is -9.89. The second-order valence-electron chi connectivity index (χ2n) is 26.9. The van der Waals surface area contributed by atoms with E-state index in [0.29, 0.717) is 25.7 Å². The lowest BCUT2D eigenvalue weighted by molar-refractivity contribution is -0.161. The number of ether oxygens (including phenoxy) is 4. The highest BCUT2D eigenvalue weighted by Gasteiger charge is 2.30. The number of carbonyl (C=O) groups excluding carboxylic acids is 4. The number of esters is 4. The van der Waals surface area contributed by atoms with Gasteiger partial charge in [0.25, 0.3) is 0 Å². The van der Waals surface area contributed by atoms with E-state index in [1.165, 1.54) is 180 Å². The van der Waals surface area contributed by atoms with Gasteiger partial charge in [-0.25, -0.2) is 9.13 Å². The molecule has 0 heterocycles. The Balaban J connectivity index is 5.15. The molecule has 0 saturated carbocycles. The monoisotopic (exact) mass is 1340 g/mol. The second kappa shape index (κ2) is 64.1. The fourth-order valence-corrected chi connectivity index (χ4v) is 12.5. The molecule has 0 aliphatic rings. The molecule has 0 bridgehead atoms. The van der Waals surface area contributed by atoms with Gasteiger partial charge in [0.2, 0.25) is 0 Å². The predicted molar refractivity (Wildman–Crippen MR) is 368 cm³/mol. The molecule has 3 N–H and O–H groups in total. The lowest BCUT2D eigenvalue weighted by Crippen LogP contribution is -2.30. The highest BCUT2D eigenvalue weighted by Crippen LogP contribution is 2.45. The van der Waals surface area contributed by atoms with Crippen LogP contribution in [0.1, 0.15) is 369 Å². The Morgan fingerprint density at radius 3 is 0.747 bits per heavy atom. The lowest BCUT2D eigenvalue weighted by atomic mass is 10.0. The SMILES string of the molecule is CCCCCCCCCCCCCCCCCC(=O)O[C@H](COC(=O)CCCCCCC)COP(=O)(O)OC[C@H](O)COP(=O)(O)OC[C@@H](COC(=O)CCCCCCCCCCCCCCC(C)C)OC(=O)CCCCCCCCCCCCCCCC(C)C. The maximum absolute atomic E-state index is 13.0. The van der Waals surface area contributed by atoms with Crippen LogP contribution in [-0.4, -0.2) is 96.7 Å². The zero-order valence-corrected chi connectivity index (χ0v) is 60.9. The number of aliphatic hydroxyl groups excluding tert-OH is 1. The normalized spacial score (nSPS) is 14.1. The van der Waals surface area contributed by atoms with Crippen molar-refractivity contribution in [3.8, 4) is 0 Å². The van der Waals surface area contributed by atoms with Crippen molar-refractivity contribution >= 4 is 39.5 Å². The number of phosphoric acid groups is 2. The Labute approximate surface area is 556 Å². The van der Waals surface area contributed by atoms with Crippen molar-refractivity contribution in [1.82, 2.24) is 0 Å². The van der Waals surface area contributed by atoms with Crippen molar-refractivity contribution in [3.63, 3.8) is 0 Å². The molecule has 0 aliphatic carbocycles. The van der Waals surface area contributed by atoms with Crippen LogP contribution < -0.4 is 0 Å². The molecule has 0 fully saturated rings. The molecule has 0 aliphatic heterocycles. The van der Waals surface area contributed by atoms with E-state index in [2.05, 4.69) is 41.5 Å². The van der Waals surface area contributed by atoms with Gasteiger partial charge in [-0.3, -0.25) is 37.3 Å². The summed E-state index contributed by atoms with van der Waals surface area (Å²) in [5.41, 5.74) is 0. The minimum Gasteiger partial charge on any atom is -0.462 e. The van der Waals surface area contributed by atoms with E-state index < -0.39 is 97.5 Å². The van der Waals surface area contributed by atoms with Crippen molar-refractivity contribution in [2.75, 3.05) is 39.6 Å². The van der Waals surface area contributed by atoms with Crippen molar-refractivity contribution in [2.24, 2.45) is 11.8 Å². The Bertz CT molecular complexity index is 1770. The smallest absolute Gasteiger partial charge is 0.462 e. The van der Waals surface area contributed by atoms with Gasteiger partial charge in [-0.15, -0.1) is 0 Å². The fraction of sp³-hybridized carbons (Fsp3) is 0.944. The highest BCUT2D eigenvalue weighted by atomic mass is 31.2. The zero-order valence-electron chi connectivity index (χ0n) is 59.1. The summed E-state index contributed by atoms with van der Waals surface area (Å²) in [5, 5.41) is 10.6. The molecule has 0 aromatic heterocycles. The quantitative estimate of drug-likeness (QED) is 0.0222. The number of hydrogen-bond acceptors (Lipinski definition) is 15. The third-order valence-electron chi connectivity index (χ3n) is 16.7. The second-order valence-corrected chi connectivity index (χ2v) is 29.8. The van der Waals surface area contributed by atoms with E-state index in [0.717, 1.165) is 108 Å². The molecule has 0 rings (SSSR count). The molecule has 0 amide bonds. The van der Waals surface area contributed by atoms with Crippen LogP contribution in [-0.2, 0) is 65.4 Å². The molecule has 0 aromatic carbocycles. The molecular weight excluding hydrogens is 1200 g/mol. The minimum atomic E-state index is -4.95. The first-order valence-electron chi connectivity index (χ1n) is 37.5. The Kier molecular flexibility index (Phi) is 62.7. The number of phosphoric ester groups is 2. The molecule has 0 aromatic rings. The van der Waals surface area contributed by atoms with Crippen LogP contribution in [0.2, 0.25) is 0 Å². The number of carbonyl (C=O) groups is 4. The topological polar surface area (TPSA) is 237 Å². The van der Waals surface area contributed by atoms with E-state index >= 15 is 0 Å². The summed E-state index contributed by atoms with van der Waals surface area (Å²) in [6.07, 6.45) is 50.2. The van der Waals surface area contributed by atoms with E-state index in [4.69, 9.17) is 37.0 Å². The van der Waals surface area contributed by atoms with Crippen molar-refractivity contribution in [3.05, 3.63) is 0 Å². The van der Waals surface area contributed by atoms with Crippen LogP contribution in [0, 0.1) is 11.8 Å². The van der Waals surface area contributed by atoms with E-state index in [1.807, 2.05) is 0 Å². The molecule has 540 valence electrons. The van der Waals surface area contributed by atoms with Crippen molar-refractivity contribution in [2.45, 2.75) is 387 Å². The Morgan fingerprint density at radius 1 is 0.297 bits per heavy atom. The predicted octanol–water partition coefficient (Wildman–Crippen LogP) is 20.8. The Hall–Kier alpha value is -1.94. The fourth-order valence-electron chi connectivity index (χ4n) is 10.9.